The molecule has 1 aliphatic carbocycles. The molecule has 188 valence electrons. The second kappa shape index (κ2) is 11.5. The molecule has 3 amide bonds. The van der Waals surface area contributed by atoms with Gasteiger partial charge >= 0.3 is 0 Å². The molecule has 2 heterocycles. The molecule has 2 fully saturated rings. The van der Waals surface area contributed by atoms with E-state index in [4.69, 9.17) is 16.3 Å². The fourth-order valence-corrected chi connectivity index (χ4v) is 5.13. The molecule has 1 saturated heterocycles. The van der Waals surface area contributed by atoms with Crippen molar-refractivity contribution in [3.05, 3.63) is 45.4 Å². The Morgan fingerprint density at radius 2 is 2.11 bits per heavy atom. The Morgan fingerprint density at radius 3 is 2.74 bits per heavy atom. The van der Waals surface area contributed by atoms with Gasteiger partial charge in [0.25, 0.3) is 11.8 Å². The number of hydrogen-bond donors (Lipinski definition) is 2. The van der Waals surface area contributed by atoms with Crippen LogP contribution in [-0.2, 0) is 14.3 Å². The highest BCUT2D eigenvalue weighted by molar-refractivity contribution is 7.18. The molecule has 35 heavy (non-hydrogen) atoms. The number of carbonyl (C=O) groups excluding carboxylic acids is 3. The number of ether oxygens (including phenoxy) is 1. The quantitative estimate of drug-likeness (QED) is 0.527. The Bertz CT molecular complexity index is 1090. The van der Waals surface area contributed by atoms with Gasteiger partial charge < -0.3 is 20.3 Å². The highest BCUT2D eigenvalue weighted by atomic mass is 35.5. The molecule has 11 heteroatoms. The normalized spacial score (nSPS) is 17.3. The lowest BCUT2D eigenvalue weighted by Crippen LogP contribution is -2.51. The summed E-state index contributed by atoms with van der Waals surface area (Å²) in [5, 5.41) is 5.58. The summed E-state index contributed by atoms with van der Waals surface area (Å²) in [5.74, 6) is -1.06. The number of carbonyl (C=O) groups is 3. The van der Waals surface area contributed by atoms with Crippen molar-refractivity contribution in [2.75, 3.05) is 50.1 Å². The Hall–Kier alpha value is -2.53. The maximum Gasteiger partial charge on any atom is 0.261 e. The lowest BCUT2D eigenvalue weighted by Gasteiger charge is -2.34. The molecule has 0 bridgehead atoms. The van der Waals surface area contributed by atoms with E-state index in [1.807, 2.05) is 11.9 Å². The minimum absolute atomic E-state index is 0.0870. The molecule has 1 atom stereocenters. The Morgan fingerprint density at radius 1 is 1.31 bits per heavy atom. The number of amides is 3. The number of nitrogens with one attached hydrogen (secondary N) is 2. The van der Waals surface area contributed by atoms with E-state index < -0.39 is 11.9 Å². The zero-order valence-electron chi connectivity index (χ0n) is 19.4. The molecule has 0 radical (unpaired) electrons. The van der Waals surface area contributed by atoms with Crippen molar-refractivity contribution < 1.29 is 23.5 Å². The fraction of sp³-hybridized carbons (Fsp3) is 0.458. The number of likely N-dealkylation sites (N-methyl/N-ethyl adjacent to an activating group) is 1. The summed E-state index contributed by atoms with van der Waals surface area (Å²) in [6.07, 6.45) is 3.42. The van der Waals surface area contributed by atoms with Crippen LogP contribution in [0.5, 0.6) is 0 Å². The first-order valence-corrected chi connectivity index (χ1v) is 12.7. The van der Waals surface area contributed by atoms with Crippen LogP contribution >= 0.6 is 22.9 Å². The third kappa shape index (κ3) is 6.38. The molecule has 2 aliphatic rings. The number of nitrogens with zero attached hydrogens (tertiary/aromatic N) is 2. The van der Waals surface area contributed by atoms with Gasteiger partial charge in [0.1, 0.15) is 18.5 Å². The smallest absolute Gasteiger partial charge is 0.261 e. The van der Waals surface area contributed by atoms with Gasteiger partial charge in [-0.05, 0) is 56.1 Å². The largest absolute Gasteiger partial charge is 0.370 e. The second-order valence-corrected chi connectivity index (χ2v) is 10.5. The van der Waals surface area contributed by atoms with Crippen LogP contribution in [0.1, 0.15) is 28.9 Å². The molecule has 0 spiro atoms. The molecular formula is C24H28ClFN4O4S. The molecule has 4 rings (SSSR count). The van der Waals surface area contributed by atoms with Gasteiger partial charge in [-0.2, -0.15) is 0 Å². The van der Waals surface area contributed by atoms with Crippen LogP contribution in [0.15, 0.2) is 30.3 Å². The maximum atomic E-state index is 14.8. The van der Waals surface area contributed by atoms with Crippen molar-refractivity contribution in [3.8, 4) is 0 Å². The molecule has 1 aliphatic heterocycles. The van der Waals surface area contributed by atoms with E-state index in [0.29, 0.717) is 21.7 Å². The Kier molecular flexibility index (Phi) is 8.38. The molecule has 1 aromatic carbocycles. The Labute approximate surface area is 212 Å². The van der Waals surface area contributed by atoms with E-state index in [2.05, 4.69) is 10.6 Å². The summed E-state index contributed by atoms with van der Waals surface area (Å²) in [5.41, 5.74) is 0.423. The van der Waals surface area contributed by atoms with E-state index >= 15 is 0 Å². The zero-order valence-corrected chi connectivity index (χ0v) is 21.0. The van der Waals surface area contributed by atoms with E-state index in [-0.39, 0.29) is 48.8 Å². The van der Waals surface area contributed by atoms with Crippen molar-refractivity contribution in [2.24, 2.45) is 5.92 Å². The highest BCUT2D eigenvalue weighted by Gasteiger charge is 2.29. The molecule has 2 N–H and O–H groups in total. The summed E-state index contributed by atoms with van der Waals surface area (Å²) >= 11 is 7.09. The summed E-state index contributed by atoms with van der Waals surface area (Å²) in [7, 11) is 1.85. The van der Waals surface area contributed by atoms with E-state index in [1.165, 1.54) is 34.8 Å². The number of rotatable bonds is 9. The number of morpholine rings is 1. The summed E-state index contributed by atoms with van der Waals surface area (Å²) in [6, 6.07) is 6.87. The van der Waals surface area contributed by atoms with Gasteiger partial charge in [-0.25, -0.2) is 4.39 Å². The van der Waals surface area contributed by atoms with Crippen LogP contribution in [0, 0.1) is 11.7 Å². The minimum atomic E-state index is -0.654. The van der Waals surface area contributed by atoms with Crippen LogP contribution in [0.3, 0.4) is 0 Å². The highest BCUT2D eigenvalue weighted by Crippen LogP contribution is 2.28. The molecular weight excluding hydrogens is 495 g/mol. The fourth-order valence-electron chi connectivity index (χ4n) is 4.17. The SMILES string of the molecule is CN(CC1CCC1)[C@@H](CNC(=O)c1ccc(Cl)s1)C(=O)Nc1ccc(N2CCOCC2=O)c(F)c1. The van der Waals surface area contributed by atoms with Crippen molar-refractivity contribution in [1.82, 2.24) is 10.2 Å². The first kappa shape index (κ1) is 25.6. The molecule has 1 saturated carbocycles. The predicted molar refractivity (Wildman–Crippen MR) is 134 cm³/mol. The van der Waals surface area contributed by atoms with E-state index in [1.54, 1.807) is 18.2 Å². The Balaban J connectivity index is 1.44. The maximum absolute atomic E-state index is 14.8. The van der Waals surface area contributed by atoms with Gasteiger partial charge in [-0.15, -0.1) is 11.3 Å². The zero-order chi connectivity index (χ0) is 24.9. The molecule has 2 aromatic rings. The van der Waals surface area contributed by atoms with Gasteiger partial charge in [0, 0.05) is 25.3 Å². The standard InChI is InChI=1S/C24H28ClFN4O4S/c1-29(13-15-3-2-4-15)19(12-27-24(33)20-7-8-21(25)35-20)23(32)28-16-5-6-18(17(26)11-16)30-9-10-34-14-22(30)31/h5-8,11,15,19H,2-4,9-10,12-14H2,1H3,(H,27,33)(H,28,32)/t19-/m0/s1. The average Bonchev–Trinajstić information content (AvgIpc) is 3.23. The summed E-state index contributed by atoms with van der Waals surface area (Å²) < 4.78 is 20.4. The van der Waals surface area contributed by atoms with Gasteiger partial charge in [0.2, 0.25) is 5.91 Å². The lowest BCUT2D eigenvalue weighted by atomic mass is 9.85. The first-order valence-electron chi connectivity index (χ1n) is 11.5. The van der Waals surface area contributed by atoms with Crippen LogP contribution in [0.25, 0.3) is 0 Å². The monoisotopic (exact) mass is 522 g/mol. The van der Waals surface area contributed by atoms with Gasteiger partial charge in [0.05, 0.1) is 21.5 Å². The van der Waals surface area contributed by atoms with E-state index in [0.717, 1.165) is 19.4 Å². The third-order valence-corrected chi connectivity index (χ3v) is 7.58. The van der Waals surface area contributed by atoms with E-state index in [9.17, 15) is 18.8 Å². The topological polar surface area (TPSA) is 91.0 Å². The van der Waals surface area contributed by atoms with Crippen molar-refractivity contribution in [1.29, 1.82) is 0 Å². The molecule has 0 unspecified atom stereocenters. The average molecular weight is 523 g/mol. The van der Waals surface area contributed by atoms with Gasteiger partial charge in [0.15, 0.2) is 0 Å². The van der Waals surface area contributed by atoms with Crippen LogP contribution in [0.4, 0.5) is 15.8 Å². The van der Waals surface area contributed by atoms with Crippen LogP contribution in [-0.4, -0.2) is 68.6 Å². The summed E-state index contributed by atoms with van der Waals surface area (Å²) in [6.45, 7) is 1.33. The lowest BCUT2D eigenvalue weighted by molar-refractivity contribution is -0.125. The van der Waals surface area contributed by atoms with Gasteiger partial charge in [-0.3, -0.25) is 19.3 Å². The number of anilines is 2. The second-order valence-electron chi connectivity index (χ2n) is 8.82. The van der Waals surface area contributed by atoms with Crippen LogP contribution < -0.4 is 15.5 Å². The number of thiophene rings is 1. The van der Waals surface area contributed by atoms with Gasteiger partial charge in [-0.1, -0.05) is 18.0 Å². The number of halogens is 2. The number of hydrogen-bond acceptors (Lipinski definition) is 6. The number of benzene rings is 1. The van der Waals surface area contributed by atoms with Crippen molar-refractivity contribution in [3.63, 3.8) is 0 Å². The predicted octanol–water partition coefficient (Wildman–Crippen LogP) is 3.37. The van der Waals surface area contributed by atoms with Crippen LogP contribution in [0.2, 0.25) is 4.34 Å². The van der Waals surface area contributed by atoms with Crippen molar-refractivity contribution >= 4 is 52.0 Å². The minimum Gasteiger partial charge on any atom is -0.370 e. The van der Waals surface area contributed by atoms with Crippen molar-refractivity contribution in [2.45, 2.75) is 25.3 Å². The molecule has 1 aromatic heterocycles. The molecule has 8 nitrogen and oxygen atoms in total. The third-order valence-electron chi connectivity index (χ3n) is 6.35. The first-order chi connectivity index (χ1) is 16.8. The summed E-state index contributed by atoms with van der Waals surface area (Å²) in [4.78, 5) is 41.5.